The summed E-state index contributed by atoms with van der Waals surface area (Å²) in [6.45, 7) is 2.44. The molecule has 0 saturated carbocycles. The summed E-state index contributed by atoms with van der Waals surface area (Å²) in [5.41, 5.74) is 0.500. The van der Waals surface area contributed by atoms with Crippen molar-refractivity contribution in [2.45, 2.75) is 24.5 Å². The van der Waals surface area contributed by atoms with Gasteiger partial charge < -0.3 is 9.84 Å². The molecule has 0 fully saturated rings. The molecule has 0 radical (unpaired) electrons. The molecule has 1 N–H and O–H groups in total. The molecule has 2 rings (SSSR count). The van der Waals surface area contributed by atoms with Gasteiger partial charge in [-0.3, -0.25) is 14.2 Å². The fraction of sp³-hybridized carbons (Fsp3) is 0.462. The highest BCUT2D eigenvalue weighted by molar-refractivity contribution is 7.99. The van der Waals surface area contributed by atoms with Crippen LogP contribution in [0.4, 0.5) is 0 Å². The van der Waals surface area contributed by atoms with Crippen molar-refractivity contribution in [2.24, 2.45) is 0 Å². The third-order valence-corrected chi connectivity index (χ3v) is 4.81. The summed E-state index contributed by atoms with van der Waals surface area (Å²) in [5, 5.41) is 11.1. The van der Waals surface area contributed by atoms with Crippen LogP contribution < -0.4 is 5.56 Å². The third-order valence-electron chi connectivity index (χ3n) is 2.98. The Morgan fingerprint density at radius 1 is 1.62 bits per heavy atom. The van der Waals surface area contributed by atoms with Gasteiger partial charge >= 0.3 is 5.97 Å². The number of carboxylic acid groups (broad SMARTS) is 1. The van der Waals surface area contributed by atoms with Crippen LogP contribution in [0.1, 0.15) is 19.4 Å². The first-order chi connectivity index (χ1) is 10.0. The van der Waals surface area contributed by atoms with E-state index in [0.717, 1.165) is 11.8 Å². The number of hydrogen-bond donors (Lipinski definition) is 1. The number of ether oxygens (including phenoxy) is 1. The summed E-state index contributed by atoms with van der Waals surface area (Å²) < 4.78 is 7.22. The van der Waals surface area contributed by atoms with Crippen molar-refractivity contribution < 1.29 is 14.6 Å². The highest BCUT2D eigenvalue weighted by atomic mass is 32.2. The van der Waals surface area contributed by atoms with Gasteiger partial charge in [0.05, 0.1) is 11.3 Å². The smallest absolute Gasteiger partial charge is 0.313 e. The number of thioether (sulfide) groups is 1. The van der Waals surface area contributed by atoms with E-state index in [1.165, 1.54) is 11.3 Å². The van der Waals surface area contributed by atoms with Crippen LogP contribution in [0.25, 0.3) is 10.2 Å². The largest absolute Gasteiger partial charge is 0.481 e. The molecule has 21 heavy (non-hydrogen) atoms. The number of rotatable bonds is 7. The van der Waals surface area contributed by atoms with Gasteiger partial charge in [0, 0.05) is 19.8 Å². The van der Waals surface area contributed by atoms with E-state index >= 15 is 0 Å². The maximum atomic E-state index is 12.6. The number of fused-ring (bicyclic) bond motifs is 1. The summed E-state index contributed by atoms with van der Waals surface area (Å²) >= 11 is 2.42. The minimum Gasteiger partial charge on any atom is -0.481 e. The van der Waals surface area contributed by atoms with Crippen molar-refractivity contribution in [3.8, 4) is 0 Å². The van der Waals surface area contributed by atoms with E-state index in [4.69, 9.17) is 9.84 Å². The lowest BCUT2D eigenvalue weighted by molar-refractivity contribution is -0.133. The lowest BCUT2D eigenvalue weighted by Gasteiger charge is -2.18. The number of methoxy groups -OCH3 is 1. The van der Waals surface area contributed by atoms with Gasteiger partial charge in [-0.15, -0.1) is 11.3 Å². The number of carboxylic acids is 1. The zero-order valence-corrected chi connectivity index (χ0v) is 13.4. The van der Waals surface area contributed by atoms with E-state index in [0.29, 0.717) is 28.4 Å². The summed E-state index contributed by atoms with van der Waals surface area (Å²) in [5.74, 6) is -1.06. The van der Waals surface area contributed by atoms with E-state index in [9.17, 15) is 9.59 Å². The molecule has 6 nitrogen and oxygen atoms in total. The van der Waals surface area contributed by atoms with Gasteiger partial charge in [0.2, 0.25) is 0 Å². The van der Waals surface area contributed by atoms with Crippen molar-refractivity contribution in [3.63, 3.8) is 0 Å². The Labute approximate surface area is 129 Å². The molecule has 0 aliphatic rings. The van der Waals surface area contributed by atoms with Gasteiger partial charge in [-0.2, -0.15) is 0 Å². The van der Waals surface area contributed by atoms with Crippen molar-refractivity contribution in [1.82, 2.24) is 9.55 Å². The summed E-state index contributed by atoms with van der Waals surface area (Å²) in [6.07, 6.45) is 0.662. The van der Waals surface area contributed by atoms with Crippen LogP contribution in [-0.2, 0) is 9.53 Å². The molecule has 0 bridgehead atoms. The highest BCUT2D eigenvalue weighted by Gasteiger charge is 2.18. The highest BCUT2D eigenvalue weighted by Crippen LogP contribution is 2.24. The van der Waals surface area contributed by atoms with E-state index in [-0.39, 0.29) is 17.4 Å². The molecule has 0 aliphatic carbocycles. The number of aromatic nitrogens is 2. The van der Waals surface area contributed by atoms with E-state index < -0.39 is 5.97 Å². The Hall–Kier alpha value is -1.38. The fourth-order valence-corrected chi connectivity index (χ4v) is 3.52. The number of carbonyl (C=O) groups is 1. The molecule has 0 amide bonds. The molecule has 0 saturated heterocycles. The summed E-state index contributed by atoms with van der Waals surface area (Å²) in [6, 6.07) is 1.67. The fourth-order valence-electron chi connectivity index (χ4n) is 1.94. The van der Waals surface area contributed by atoms with Gasteiger partial charge in [0.25, 0.3) is 5.56 Å². The van der Waals surface area contributed by atoms with Crippen molar-refractivity contribution >= 4 is 39.3 Å². The van der Waals surface area contributed by atoms with Crippen LogP contribution >= 0.6 is 23.1 Å². The first-order valence-electron chi connectivity index (χ1n) is 6.38. The Kier molecular flexibility index (Phi) is 5.38. The predicted molar refractivity (Wildman–Crippen MR) is 83.4 cm³/mol. The van der Waals surface area contributed by atoms with E-state index in [1.54, 1.807) is 17.7 Å². The van der Waals surface area contributed by atoms with E-state index in [2.05, 4.69) is 4.98 Å². The second kappa shape index (κ2) is 7.06. The van der Waals surface area contributed by atoms with Crippen LogP contribution in [0, 0.1) is 0 Å². The molecule has 0 aliphatic heterocycles. The van der Waals surface area contributed by atoms with Crippen LogP contribution in [-0.4, -0.2) is 40.1 Å². The molecule has 1 atom stereocenters. The average Bonchev–Trinajstić information content (AvgIpc) is 2.91. The van der Waals surface area contributed by atoms with Gasteiger partial charge in [-0.1, -0.05) is 11.8 Å². The van der Waals surface area contributed by atoms with Crippen molar-refractivity contribution in [3.05, 3.63) is 21.8 Å². The average molecular weight is 328 g/mol. The van der Waals surface area contributed by atoms with Crippen LogP contribution in [0.2, 0.25) is 0 Å². The first kappa shape index (κ1) is 16.0. The topological polar surface area (TPSA) is 81.4 Å². The molecule has 2 aromatic heterocycles. The second-order valence-electron chi connectivity index (χ2n) is 4.52. The lowest BCUT2D eigenvalue weighted by Crippen LogP contribution is -2.26. The van der Waals surface area contributed by atoms with Crippen molar-refractivity contribution in [2.75, 3.05) is 19.5 Å². The maximum Gasteiger partial charge on any atom is 0.313 e. The summed E-state index contributed by atoms with van der Waals surface area (Å²) in [7, 11) is 1.61. The monoisotopic (exact) mass is 328 g/mol. The Morgan fingerprint density at radius 3 is 3.05 bits per heavy atom. The van der Waals surface area contributed by atoms with Gasteiger partial charge in [0.1, 0.15) is 4.70 Å². The zero-order chi connectivity index (χ0) is 15.4. The standard InChI is InChI=1S/C13H16N2O4S2/c1-8(3-5-19-2)15-12(18)11-9(4-6-20-11)14-13(15)21-7-10(16)17/h4,6,8H,3,5,7H2,1-2H3,(H,16,17). The summed E-state index contributed by atoms with van der Waals surface area (Å²) in [4.78, 5) is 27.8. The molecule has 1 unspecified atom stereocenters. The van der Waals surface area contributed by atoms with Gasteiger partial charge in [0.15, 0.2) is 5.16 Å². The Bertz CT molecular complexity index is 695. The number of thiophene rings is 1. The van der Waals surface area contributed by atoms with Crippen LogP contribution in [0.3, 0.4) is 0 Å². The molecule has 0 aromatic carbocycles. The molecule has 0 spiro atoms. The molecule has 114 valence electrons. The minimum absolute atomic E-state index is 0.104. The number of hydrogen-bond acceptors (Lipinski definition) is 6. The predicted octanol–water partition coefficient (Wildman–Crippen LogP) is 2.23. The Morgan fingerprint density at radius 2 is 2.38 bits per heavy atom. The zero-order valence-electron chi connectivity index (χ0n) is 11.7. The van der Waals surface area contributed by atoms with Crippen LogP contribution in [0.15, 0.2) is 21.4 Å². The normalized spacial score (nSPS) is 12.7. The number of nitrogens with zero attached hydrogens (tertiary/aromatic N) is 2. The minimum atomic E-state index is -0.934. The molecule has 8 heteroatoms. The SMILES string of the molecule is COCCC(C)n1c(SCC(=O)O)nc2ccsc2c1=O. The lowest BCUT2D eigenvalue weighted by atomic mass is 10.2. The molecular formula is C13H16N2O4S2. The Balaban J connectivity index is 2.46. The maximum absolute atomic E-state index is 12.6. The molecule has 2 aromatic rings. The molecular weight excluding hydrogens is 312 g/mol. The van der Waals surface area contributed by atoms with Gasteiger partial charge in [-0.25, -0.2) is 4.98 Å². The number of aliphatic carboxylic acids is 1. The third kappa shape index (κ3) is 3.63. The van der Waals surface area contributed by atoms with E-state index in [1.807, 2.05) is 12.3 Å². The van der Waals surface area contributed by atoms with Crippen molar-refractivity contribution in [1.29, 1.82) is 0 Å². The first-order valence-corrected chi connectivity index (χ1v) is 8.24. The second-order valence-corrected chi connectivity index (χ2v) is 6.38. The van der Waals surface area contributed by atoms with Crippen LogP contribution in [0.5, 0.6) is 0 Å². The molecule has 2 heterocycles. The van der Waals surface area contributed by atoms with Gasteiger partial charge in [-0.05, 0) is 24.8 Å². The quantitative estimate of drug-likeness (QED) is 0.620.